The number of rotatable bonds is 3. The van der Waals surface area contributed by atoms with Gasteiger partial charge < -0.3 is 4.42 Å². The van der Waals surface area contributed by atoms with Crippen molar-refractivity contribution in [2.75, 3.05) is 0 Å². The van der Waals surface area contributed by atoms with Gasteiger partial charge in [0.25, 0.3) is 0 Å². The Bertz CT molecular complexity index is 1340. The van der Waals surface area contributed by atoms with E-state index in [1.54, 1.807) is 6.07 Å². The van der Waals surface area contributed by atoms with Crippen molar-refractivity contribution in [2.45, 2.75) is 14.7 Å². The maximum atomic E-state index is 13.1. The monoisotopic (exact) mass is 416 g/mol. The lowest BCUT2D eigenvalue weighted by Gasteiger charge is -2.34. The van der Waals surface area contributed by atoms with E-state index < -0.39 is 9.24 Å². The second kappa shape index (κ2) is 7.11. The van der Waals surface area contributed by atoms with Crippen LogP contribution in [0.15, 0.2) is 127 Å². The molecule has 0 radical (unpaired) electrons. The molecular weight excluding hydrogens is 400 g/mol. The molecule has 0 unspecified atom stereocenters. The molecule has 4 aromatic carbocycles. The van der Waals surface area contributed by atoms with Gasteiger partial charge in [-0.05, 0) is 54.6 Å². The zero-order valence-electron chi connectivity index (χ0n) is 15.4. The van der Waals surface area contributed by atoms with Gasteiger partial charge in [-0.2, -0.15) is 0 Å². The van der Waals surface area contributed by atoms with Gasteiger partial charge in [-0.25, -0.2) is 0 Å². The largest absolute Gasteiger partial charge is 0.456 e. The fourth-order valence-electron chi connectivity index (χ4n) is 3.58. The summed E-state index contributed by atoms with van der Waals surface area (Å²) in [6, 6.07) is 33.1. The fourth-order valence-corrected chi connectivity index (χ4v) is 6.90. The molecule has 0 aliphatic heterocycles. The minimum Gasteiger partial charge on any atom is -0.456 e. The second-order valence-electron chi connectivity index (χ2n) is 6.75. The predicted octanol–water partition coefficient (Wildman–Crippen LogP) is 7.38. The summed E-state index contributed by atoms with van der Waals surface area (Å²) in [5.74, 6) is 0. The highest BCUT2D eigenvalue weighted by Crippen LogP contribution is 2.72. The first kappa shape index (κ1) is 18.0. The Morgan fingerprint density at radius 2 is 1.14 bits per heavy atom. The van der Waals surface area contributed by atoms with E-state index in [2.05, 4.69) is 0 Å². The molecule has 29 heavy (non-hydrogen) atoms. The number of hydrogen-bond acceptors (Lipinski definition) is 2. The number of benzene rings is 4. The van der Waals surface area contributed by atoms with Gasteiger partial charge in [0.2, 0.25) is 5.43 Å². The molecule has 0 bridgehead atoms. The summed E-state index contributed by atoms with van der Waals surface area (Å²) in [6.45, 7) is 0. The van der Waals surface area contributed by atoms with E-state index in [1.165, 1.54) is 0 Å². The summed E-state index contributed by atoms with van der Waals surface area (Å²) in [5, 5.41) is 1.12. The molecule has 1 heterocycles. The third-order valence-corrected chi connectivity index (χ3v) is 9.36. The van der Waals surface area contributed by atoms with E-state index in [0.717, 1.165) is 14.7 Å². The van der Waals surface area contributed by atoms with Gasteiger partial charge >= 0.3 is 0 Å². The molecule has 0 spiro atoms. The van der Waals surface area contributed by atoms with Crippen LogP contribution in [0.2, 0.25) is 0 Å². The van der Waals surface area contributed by atoms with Crippen LogP contribution in [-0.2, 0) is 0 Å². The number of para-hydroxylation sites is 1. The van der Waals surface area contributed by atoms with Crippen molar-refractivity contribution >= 4 is 41.9 Å². The van der Waals surface area contributed by atoms with Crippen molar-refractivity contribution in [1.82, 2.24) is 0 Å². The Morgan fingerprint density at radius 3 is 1.79 bits per heavy atom. The highest BCUT2D eigenvalue weighted by atomic mass is 35.7. The molecule has 5 aromatic rings. The number of halogens is 1. The molecular formula is C25H17ClO2S. The maximum Gasteiger partial charge on any atom is 0.200 e. The van der Waals surface area contributed by atoms with Crippen LogP contribution in [0.1, 0.15) is 0 Å². The first-order valence-electron chi connectivity index (χ1n) is 9.27. The Morgan fingerprint density at radius 1 is 0.586 bits per heavy atom. The summed E-state index contributed by atoms with van der Waals surface area (Å²) < 4.78 is 5.97. The first-order valence-corrected chi connectivity index (χ1v) is 11.7. The Labute approximate surface area is 174 Å². The smallest absolute Gasteiger partial charge is 0.200 e. The molecule has 142 valence electrons. The molecule has 0 N–H and O–H groups in total. The van der Waals surface area contributed by atoms with Gasteiger partial charge in [0.05, 0.1) is 10.8 Å². The van der Waals surface area contributed by atoms with Gasteiger partial charge in [-0.3, -0.25) is 4.79 Å². The Balaban J connectivity index is 1.82. The van der Waals surface area contributed by atoms with Crippen LogP contribution in [0.3, 0.4) is 0 Å². The molecule has 4 heteroatoms. The van der Waals surface area contributed by atoms with Crippen molar-refractivity contribution in [3.8, 4) is 0 Å². The van der Waals surface area contributed by atoms with Crippen molar-refractivity contribution in [3.63, 3.8) is 0 Å². The molecule has 5 rings (SSSR count). The SMILES string of the molecule is O=c1c2ccccc2oc2ccc(S(Cl)(c3ccccc3)c3ccccc3)cc12. The van der Waals surface area contributed by atoms with E-state index in [9.17, 15) is 4.79 Å². The maximum absolute atomic E-state index is 13.1. The van der Waals surface area contributed by atoms with Crippen LogP contribution in [-0.4, -0.2) is 0 Å². The molecule has 0 aliphatic rings. The lowest BCUT2D eigenvalue weighted by molar-refractivity contribution is 0.659. The van der Waals surface area contributed by atoms with E-state index in [4.69, 9.17) is 15.1 Å². The van der Waals surface area contributed by atoms with Gasteiger partial charge in [-0.15, -0.1) is 0 Å². The molecule has 0 fully saturated rings. The van der Waals surface area contributed by atoms with E-state index in [0.29, 0.717) is 21.9 Å². The van der Waals surface area contributed by atoms with Crippen LogP contribution in [0, 0.1) is 0 Å². The number of fused-ring (bicyclic) bond motifs is 2. The molecule has 0 saturated carbocycles. The predicted molar refractivity (Wildman–Crippen MR) is 121 cm³/mol. The summed E-state index contributed by atoms with van der Waals surface area (Å²) in [7, 11) is 5.39. The normalized spacial score (nSPS) is 12.3. The third-order valence-electron chi connectivity index (χ3n) is 5.01. The Hall–Kier alpha value is -3.01. The van der Waals surface area contributed by atoms with Crippen molar-refractivity contribution in [1.29, 1.82) is 0 Å². The minimum absolute atomic E-state index is 0.0387. The van der Waals surface area contributed by atoms with Crippen molar-refractivity contribution in [3.05, 3.63) is 113 Å². The van der Waals surface area contributed by atoms with Gasteiger partial charge in [-0.1, -0.05) is 68.5 Å². The third kappa shape index (κ3) is 2.94. The number of hydrogen-bond donors (Lipinski definition) is 0. The standard InChI is InChI=1S/C25H17ClO2S/c26-29(18-9-3-1-4-10-18,19-11-5-2-6-12-19)20-15-16-24-22(17-20)25(27)21-13-7-8-14-23(21)28-24/h1-17H. The molecule has 0 amide bonds. The lowest BCUT2D eigenvalue weighted by atomic mass is 10.1. The minimum atomic E-state index is -2.04. The second-order valence-corrected chi connectivity index (χ2v) is 10.6. The zero-order chi connectivity index (χ0) is 19.8. The average Bonchev–Trinajstić information content (AvgIpc) is 2.80. The van der Waals surface area contributed by atoms with Gasteiger partial charge in [0.15, 0.2) is 0 Å². The van der Waals surface area contributed by atoms with E-state index in [1.807, 2.05) is 97.1 Å². The Kier molecular flexibility index (Phi) is 4.42. The summed E-state index contributed by atoms with van der Waals surface area (Å²) >= 11 is 0. The van der Waals surface area contributed by atoms with Crippen molar-refractivity contribution < 1.29 is 4.42 Å². The van der Waals surface area contributed by atoms with Gasteiger partial charge in [0.1, 0.15) is 11.2 Å². The summed E-state index contributed by atoms with van der Waals surface area (Å²) in [5.41, 5.74) is 1.12. The van der Waals surface area contributed by atoms with E-state index in [-0.39, 0.29) is 5.43 Å². The zero-order valence-corrected chi connectivity index (χ0v) is 17.0. The lowest BCUT2D eigenvalue weighted by Crippen LogP contribution is -2.03. The van der Waals surface area contributed by atoms with Crippen LogP contribution in [0.25, 0.3) is 21.9 Å². The van der Waals surface area contributed by atoms with E-state index >= 15 is 0 Å². The van der Waals surface area contributed by atoms with Crippen LogP contribution < -0.4 is 5.43 Å². The highest BCUT2D eigenvalue weighted by Gasteiger charge is 2.29. The molecule has 1 aromatic heterocycles. The van der Waals surface area contributed by atoms with Crippen molar-refractivity contribution in [2.24, 2.45) is 0 Å². The van der Waals surface area contributed by atoms with Gasteiger partial charge in [0, 0.05) is 14.7 Å². The summed E-state index contributed by atoms with van der Waals surface area (Å²) in [4.78, 5) is 16.1. The average molecular weight is 417 g/mol. The molecule has 0 saturated heterocycles. The highest BCUT2D eigenvalue weighted by molar-refractivity contribution is 8.51. The molecule has 0 aliphatic carbocycles. The summed E-state index contributed by atoms with van der Waals surface area (Å²) in [6.07, 6.45) is 0. The van der Waals surface area contributed by atoms with Crippen LogP contribution in [0.4, 0.5) is 0 Å². The fraction of sp³-hybridized carbons (Fsp3) is 0. The molecule has 0 atom stereocenters. The van der Waals surface area contributed by atoms with Crippen LogP contribution >= 0.6 is 19.9 Å². The topological polar surface area (TPSA) is 30.2 Å². The quantitative estimate of drug-likeness (QED) is 0.287. The molecule has 2 nitrogen and oxygen atoms in total. The van der Waals surface area contributed by atoms with Crippen LogP contribution in [0.5, 0.6) is 0 Å². The first-order chi connectivity index (χ1) is 14.2.